The first-order chi connectivity index (χ1) is 15.5. The molecule has 0 saturated heterocycles. The van der Waals surface area contributed by atoms with Gasteiger partial charge in [-0.3, -0.25) is 4.79 Å². The van der Waals surface area contributed by atoms with Crippen molar-refractivity contribution >= 4 is 11.6 Å². The number of rotatable bonds is 7. The normalized spacial score (nSPS) is 10.8. The zero-order valence-electron chi connectivity index (χ0n) is 18.4. The molecule has 0 radical (unpaired) electrons. The van der Waals surface area contributed by atoms with Crippen LogP contribution in [0.5, 0.6) is 11.5 Å². The van der Waals surface area contributed by atoms with Crippen LogP contribution in [-0.2, 0) is 11.3 Å². The van der Waals surface area contributed by atoms with E-state index in [1.165, 1.54) is 0 Å². The minimum Gasteiger partial charge on any atom is -0.493 e. The lowest BCUT2D eigenvalue weighted by Crippen LogP contribution is -2.19. The van der Waals surface area contributed by atoms with Crippen LogP contribution in [0.15, 0.2) is 59.3 Å². The van der Waals surface area contributed by atoms with Crippen molar-refractivity contribution in [2.24, 2.45) is 0 Å². The van der Waals surface area contributed by atoms with Crippen LogP contribution >= 0.6 is 0 Å². The summed E-state index contributed by atoms with van der Waals surface area (Å²) in [4.78, 5) is 17.2. The maximum absolute atomic E-state index is 12.7. The Morgan fingerprint density at radius 2 is 1.88 bits per heavy atom. The Morgan fingerprint density at radius 3 is 2.66 bits per heavy atom. The van der Waals surface area contributed by atoms with Gasteiger partial charge in [0, 0.05) is 17.4 Å². The van der Waals surface area contributed by atoms with Crippen LogP contribution in [0.2, 0.25) is 0 Å². The van der Waals surface area contributed by atoms with Gasteiger partial charge in [0.25, 0.3) is 5.89 Å². The maximum Gasteiger partial charge on any atom is 0.274 e. The molecule has 1 N–H and O–H groups in total. The number of benzene rings is 2. The van der Waals surface area contributed by atoms with Crippen molar-refractivity contribution in [3.63, 3.8) is 0 Å². The van der Waals surface area contributed by atoms with E-state index < -0.39 is 0 Å². The maximum atomic E-state index is 12.7. The minimum atomic E-state index is -0.143. The summed E-state index contributed by atoms with van der Waals surface area (Å²) >= 11 is 0. The van der Waals surface area contributed by atoms with Crippen LogP contribution in [0.3, 0.4) is 0 Å². The number of ether oxygens (including phenoxy) is 2. The highest BCUT2D eigenvalue weighted by Crippen LogP contribution is 2.32. The van der Waals surface area contributed by atoms with Gasteiger partial charge in [-0.25, -0.2) is 0 Å². The molecular weight excluding hydrogens is 408 g/mol. The zero-order valence-corrected chi connectivity index (χ0v) is 18.4. The predicted molar refractivity (Wildman–Crippen MR) is 121 cm³/mol. The monoisotopic (exact) mass is 432 g/mol. The van der Waals surface area contributed by atoms with Gasteiger partial charge in [-0.15, -0.1) is 0 Å². The minimum absolute atomic E-state index is 0.115. The summed E-state index contributed by atoms with van der Waals surface area (Å²) in [6, 6.07) is 14.9. The standard InChI is InChI=1S/C24H24N4O4/c1-15-7-5-8-18(16(15)2)25-22(29)14-28-12-6-9-19(28)24-26-23(27-32-24)17-10-11-20(30-3)21(13-17)31-4/h5-13H,14H2,1-4H3,(H,25,29). The highest BCUT2D eigenvalue weighted by molar-refractivity contribution is 5.91. The van der Waals surface area contributed by atoms with Gasteiger partial charge in [0.15, 0.2) is 11.5 Å². The zero-order chi connectivity index (χ0) is 22.7. The molecule has 1 amide bonds. The summed E-state index contributed by atoms with van der Waals surface area (Å²) in [5.41, 5.74) is 4.35. The Bertz CT molecular complexity index is 1260. The van der Waals surface area contributed by atoms with Crippen molar-refractivity contribution in [1.29, 1.82) is 0 Å². The molecule has 0 unspecified atom stereocenters. The van der Waals surface area contributed by atoms with Crippen molar-refractivity contribution in [3.05, 3.63) is 65.9 Å². The van der Waals surface area contributed by atoms with E-state index in [1.54, 1.807) is 37.1 Å². The van der Waals surface area contributed by atoms with Gasteiger partial charge < -0.3 is 23.9 Å². The first-order valence-corrected chi connectivity index (χ1v) is 10.1. The number of anilines is 1. The van der Waals surface area contributed by atoms with Gasteiger partial charge in [0.2, 0.25) is 11.7 Å². The second-order valence-electron chi connectivity index (χ2n) is 7.31. The SMILES string of the molecule is COc1ccc(-c2noc(-c3cccn3CC(=O)Nc3cccc(C)c3C)n2)cc1OC. The lowest BCUT2D eigenvalue weighted by atomic mass is 10.1. The summed E-state index contributed by atoms with van der Waals surface area (Å²) in [5, 5.41) is 7.06. The molecule has 32 heavy (non-hydrogen) atoms. The quantitative estimate of drug-likeness (QED) is 0.463. The molecule has 0 aliphatic rings. The Kier molecular flexibility index (Phi) is 5.93. The average Bonchev–Trinajstić information content (AvgIpc) is 3.46. The molecule has 0 fully saturated rings. The number of aromatic nitrogens is 3. The third-order valence-electron chi connectivity index (χ3n) is 5.31. The summed E-state index contributed by atoms with van der Waals surface area (Å²) in [7, 11) is 3.15. The molecule has 0 saturated carbocycles. The fourth-order valence-electron chi connectivity index (χ4n) is 3.40. The van der Waals surface area contributed by atoms with Crippen molar-refractivity contribution in [2.45, 2.75) is 20.4 Å². The Labute approximate surface area is 185 Å². The van der Waals surface area contributed by atoms with Crippen LogP contribution in [0, 0.1) is 13.8 Å². The number of nitrogens with one attached hydrogen (secondary N) is 1. The Balaban J connectivity index is 1.54. The number of methoxy groups -OCH3 is 2. The molecule has 2 aromatic heterocycles. The van der Waals surface area contributed by atoms with Crippen LogP contribution in [0.25, 0.3) is 23.0 Å². The largest absolute Gasteiger partial charge is 0.493 e. The number of nitrogens with zero attached hydrogens (tertiary/aromatic N) is 3. The summed E-state index contributed by atoms with van der Waals surface area (Å²) in [6.45, 7) is 4.12. The number of aryl methyl sites for hydroxylation is 1. The average molecular weight is 432 g/mol. The van der Waals surface area contributed by atoms with Crippen molar-refractivity contribution in [3.8, 4) is 34.5 Å². The van der Waals surface area contributed by atoms with E-state index >= 15 is 0 Å². The van der Waals surface area contributed by atoms with Crippen molar-refractivity contribution in [1.82, 2.24) is 14.7 Å². The molecule has 0 aliphatic heterocycles. The van der Waals surface area contributed by atoms with Crippen molar-refractivity contribution < 1.29 is 18.8 Å². The molecule has 8 heteroatoms. The molecule has 164 valence electrons. The van der Waals surface area contributed by atoms with Gasteiger partial charge in [-0.05, 0) is 61.4 Å². The van der Waals surface area contributed by atoms with Gasteiger partial charge >= 0.3 is 0 Å². The van der Waals surface area contributed by atoms with Gasteiger partial charge in [-0.1, -0.05) is 17.3 Å². The summed E-state index contributed by atoms with van der Waals surface area (Å²) < 4.78 is 17.9. The molecule has 2 aromatic carbocycles. The highest BCUT2D eigenvalue weighted by Gasteiger charge is 2.17. The Morgan fingerprint density at radius 1 is 1.06 bits per heavy atom. The van der Waals surface area contributed by atoms with Crippen LogP contribution in [-0.4, -0.2) is 34.8 Å². The third-order valence-corrected chi connectivity index (χ3v) is 5.31. The number of carbonyl (C=O) groups excluding carboxylic acids is 1. The van der Waals surface area contributed by atoms with E-state index in [2.05, 4.69) is 15.5 Å². The van der Waals surface area contributed by atoms with E-state index in [-0.39, 0.29) is 12.5 Å². The number of hydrogen-bond donors (Lipinski definition) is 1. The molecule has 0 atom stereocenters. The summed E-state index contributed by atoms with van der Waals surface area (Å²) in [6.07, 6.45) is 1.80. The van der Waals surface area contributed by atoms with Gasteiger partial charge in [0.05, 0.1) is 14.2 Å². The first kappa shape index (κ1) is 21.2. The van der Waals surface area contributed by atoms with Crippen LogP contribution in [0.1, 0.15) is 11.1 Å². The molecule has 0 spiro atoms. The lowest BCUT2D eigenvalue weighted by molar-refractivity contribution is -0.116. The fourth-order valence-corrected chi connectivity index (χ4v) is 3.40. The summed E-state index contributed by atoms with van der Waals surface area (Å²) in [5.74, 6) is 1.77. The molecule has 8 nitrogen and oxygen atoms in total. The van der Waals surface area contributed by atoms with E-state index in [0.29, 0.717) is 28.9 Å². The molecule has 4 rings (SSSR count). The fraction of sp³-hybridized carbons (Fsp3) is 0.208. The smallest absolute Gasteiger partial charge is 0.274 e. The van der Waals surface area contributed by atoms with Gasteiger partial charge in [0.1, 0.15) is 12.2 Å². The number of hydrogen-bond acceptors (Lipinski definition) is 6. The highest BCUT2D eigenvalue weighted by atomic mass is 16.5. The molecular formula is C24H24N4O4. The van der Waals surface area contributed by atoms with Crippen molar-refractivity contribution in [2.75, 3.05) is 19.5 Å². The van der Waals surface area contributed by atoms with E-state index in [1.807, 2.05) is 50.2 Å². The second-order valence-corrected chi connectivity index (χ2v) is 7.31. The predicted octanol–water partition coefficient (Wildman–Crippen LogP) is 4.48. The molecule has 2 heterocycles. The molecule has 0 aliphatic carbocycles. The lowest BCUT2D eigenvalue weighted by Gasteiger charge is -2.11. The molecule has 0 bridgehead atoms. The van der Waals surface area contributed by atoms with E-state index in [0.717, 1.165) is 22.4 Å². The third kappa shape index (κ3) is 4.20. The second kappa shape index (κ2) is 8.97. The number of carbonyl (C=O) groups is 1. The van der Waals surface area contributed by atoms with Crippen LogP contribution in [0.4, 0.5) is 5.69 Å². The van der Waals surface area contributed by atoms with E-state index in [9.17, 15) is 4.79 Å². The molecule has 4 aromatic rings. The van der Waals surface area contributed by atoms with Gasteiger partial charge in [-0.2, -0.15) is 4.98 Å². The van der Waals surface area contributed by atoms with E-state index in [4.69, 9.17) is 14.0 Å². The topological polar surface area (TPSA) is 91.4 Å². The van der Waals surface area contributed by atoms with Crippen LogP contribution < -0.4 is 14.8 Å². The number of amides is 1. The Hall–Kier alpha value is -4.07. The first-order valence-electron chi connectivity index (χ1n) is 10.1.